The summed E-state index contributed by atoms with van der Waals surface area (Å²) >= 11 is 0. The Morgan fingerprint density at radius 1 is 0.746 bits per heavy atom. The van der Waals surface area contributed by atoms with Gasteiger partial charge in [0, 0.05) is 32.5 Å². The zero-order chi connectivity index (χ0) is 45.5. The highest BCUT2D eigenvalue weighted by molar-refractivity contribution is 5.84. The second-order valence-electron chi connectivity index (χ2n) is 22.2. The van der Waals surface area contributed by atoms with Crippen molar-refractivity contribution in [1.82, 2.24) is 15.5 Å². The van der Waals surface area contributed by atoms with Crippen LogP contribution in [-0.4, -0.2) is 61.6 Å². The van der Waals surface area contributed by atoms with Crippen molar-refractivity contribution < 1.29 is 19.1 Å². The summed E-state index contributed by atoms with van der Waals surface area (Å²) < 4.78 is 6.08. The summed E-state index contributed by atoms with van der Waals surface area (Å²) in [4.78, 5) is 41.2. The molecule has 0 radical (unpaired) electrons. The molecular weight excluding hydrogens is 781 g/mol. The van der Waals surface area contributed by atoms with Crippen molar-refractivity contribution in [2.24, 2.45) is 52.1 Å². The van der Waals surface area contributed by atoms with Gasteiger partial charge in [-0.05, 0) is 124 Å². The molecule has 0 heterocycles. The summed E-state index contributed by atoms with van der Waals surface area (Å²) in [6, 6.07) is 0. The van der Waals surface area contributed by atoms with E-state index < -0.39 is 0 Å². The van der Waals surface area contributed by atoms with Crippen molar-refractivity contribution in [2.45, 2.75) is 240 Å². The summed E-state index contributed by atoms with van der Waals surface area (Å²) in [5.74, 6) is 4.83. The molecule has 63 heavy (non-hydrogen) atoms. The second-order valence-corrected chi connectivity index (χ2v) is 22.2. The summed E-state index contributed by atoms with van der Waals surface area (Å²) in [5, 5.41) is 6.01. The third kappa shape index (κ3) is 17.3. The van der Waals surface area contributed by atoms with Crippen LogP contribution < -0.4 is 16.4 Å². The highest BCUT2D eigenvalue weighted by Crippen LogP contribution is 2.67. The highest BCUT2D eigenvalue weighted by Gasteiger charge is 2.59. The smallest absolute Gasteiger partial charge is 0.407 e. The minimum absolute atomic E-state index is 0.0361. The number of hydrogen-bond acceptors (Lipinski definition) is 5. The molecule has 0 spiro atoms. The number of alkyl carbamates (subject to hydrolysis) is 1. The highest BCUT2D eigenvalue weighted by atomic mass is 16.6. The fourth-order valence-electron chi connectivity index (χ4n) is 13.2. The van der Waals surface area contributed by atoms with E-state index in [1.807, 2.05) is 0 Å². The zero-order valence-electron chi connectivity index (χ0n) is 42.0. The first-order chi connectivity index (χ1) is 30.4. The number of amides is 3. The number of nitrogens with two attached hydrogens (primary N) is 1. The lowest BCUT2D eigenvalue weighted by atomic mass is 9.47. The first-order valence-electron chi connectivity index (χ1n) is 27.3. The Balaban J connectivity index is 1.18. The molecule has 3 saturated carbocycles. The first-order valence-corrected chi connectivity index (χ1v) is 27.3. The van der Waals surface area contributed by atoms with Gasteiger partial charge in [-0.25, -0.2) is 4.79 Å². The van der Waals surface area contributed by atoms with Crippen molar-refractivity contribution >= 4 is 17.9 Å². The summed E-state index contributed by atoms with van der Waals surface area (Å²) in [6.45, 7) is 17.0. The molecule has 0 saturated heterocycles. The molecule has 0 aromatic carbocycles. The van der Waals surface area contributed by atoms with Crippen LogP contribution in [0.25, 0.3) is 0 Å². The Morgan fingerprint density at radius 2 is 1.40 bits per heavy atom. The molecule has 0 bridgehead atoms. The molecule has 0 aromatic rings. The van der Waals surface area contributed by atoms with Crippen LogP contribution in [0, 0.1) is 46.3 Å². The van der Waals surface area contributed by atoms with Crippen LogP contribution in [0.2, 0.25) is 0 Å². The number of carbonyl (C=O) groups is 3. The molecule has 0 aromatic heterocycles. The van der Waals surface area contributed by atoms with Crippen LogP contribution in [0.3, 0.4) is 0 Å². The van der Waals surface area contributed by atoms with Gasteiger partial charge >= 0.3 is 6.09 Å². The zero-order valence-corrected chi connectivity index (χ0v) is 42.0. The maximum absolute atomic E-state index is 13.4. The lowest BCUT2D eigenvalue weighted by molar-refractivity contribution is -0.136. The Kier molecular flexibility index (Phi) is 24.5. The number of nitrogens with one attached hydrogen (secondary N) is 2. The van der Waals surface area contributed by atoms with Crippen molar-refractivity contribution in [3.8, 4) is 0 Å². The number of ether oxygens (including phenoxy) is 1. The number of rotatable bonds is 32. The van der Waals surface area contributed by atoms with E-state index in [2.05, 4.69) is 58.3 Å². The monoisotopic (exact) mass is 881 g/mol. The SMILES string of the molecule is CCCCCCCCCCCCCCCC(=O)N(CCCNC(=O)O[C@H]1CC[C@@]2(C)C(=CC[C@H]3[C@@H]4CC[C@H]([C@H](C)CCCC(C)C)[C@@]4(C)CC[C@@H]32)C1)CC(=O)NCCCCCCN. The number of fused-ring (bicyclic) bond motifs is 5. The minimum Gasteiger partial charge on any atom is -0.446 e. The van der Waals surface area contributed by atoms with Gasteiger partial charge in [0.1, 0.15) is 6.10 Å². The van der Waals surface area contributed by atoms with E-state index in [1.165, 1.54) is 116 Å². The molecule has 8 atom stereocenters. The quantitative estimate of drug-likeness (QED) is 0.0460. The van der Waals surface area contributed by atoms with Crippen molar-refractivity contribution in [2.75, 3.05) is 32.7 Å². The van der Waals surface area contributed by atoms with E-state index in [1.54, 1.807) is 10.5 Å². The van der Waals surface area contributed by atoms with Gasteiger partial charge in [-0.2, -0.15) is 0 Å². The second kappa shape index (κ2) is 28.8. The van der Waals surface area contributed by atoms with E-state index in [4.69, 9.17) is 10.5 Å². The molecule has 4 rings (SSSR count). The van der Waals surface area contributed by atoms with Crippen LogP contribution in [0.5, 0.6) is 0 Å². The van der Waals surface area contributed by atoms with Gasteiger partial charge < -0.3 is 26.0 Å². The van der Waals surface area contributed by atoms with E-state index in [9.17, 15) is 14.4 Å². The Hall–Kier alpha value is -2.09. The van der Waals surface area contributed by atoms with Gasteiger partial charge in [-0.1, -0.05) is 162 Å². The van der Waals surface area contributed by atoms with E-state index in [0.717, 1.165) is 99.7 Å². The van der Waals surface area contributed by atoms with Crippen LogP contribution in [0.1, 0.15) is 234 Å². The van der Waals surface area contributed by atoms with Gasteiger partial charge in [0.2, 0.25) is 11.8 Å². The first kappa shape index (κ1) is 53.5. The summed E-state index contributed by atoms with van der Waals surface area (Å²) in [5.41, 5.74) is 7.88. The molecule has 0 aliphatic heterocycles. The fourth-order valence-corrected chi connectivity index (χ4v) is 13.2. The molecule has 8 nitrogen and oxygen atoms in total. The van der Waals surface area contributed by atoms with E-state index in [0.29, 0.717) is 44.4 Å². The molecule has 8 heteroatoms. The largest absolute Gasteiger partial charge is 0.446 e. The van der Waals surface area contributed by atoms with Crippen LogP contribution in [-0.2, 0) is 14.3 Å². The van der Waals surface area contributed by atoms with Crippen LogP contribution >= 0.6 is 0 Å². The predicted molar refractivity (Wildman–Crippen MR) is 263 cm³/mol. The standard InChI is InChI=1S/C55H100N4O4/c1-7-8-9-10-11-12-13-14-15-16-17-18-21-28-52(61)59(42-51(60)57-38-23-20-19-22-37-56)40-25-39-58-53(62)63-46-33-35-54(5)45(41-46)29-30-47-49-32-31-48(44(4)27-24-26-43(2)3)55(49,6)36-34-50(47)54/h29,43-44,46-50H,7-28,30-42,56H2,1-6H3,(H,57,60)(H,58,62)/t44-,46+,47+,48-,49+,50+,54+,55-/m1/s1. The van der Waals surface area contributed by atoms with Gasteiger partial charge in [0.25, 0.3) is 0 Å². The molecule has 4 aliphatic carbocycles. The molecule has 364 valence electrons. The number of nitrogens with zero attached hydrogens (tertiary/aromatic N) is 1. The molecule has 4 aliphatic rings. The predicted octanol–water partition coefficient (Wildman–Crippen LogP) is 13.5. The molecule has 3 amide bonds. The maximum atomic E-state index is 13.4. The van der Waals surface area contributed by atoms with Crippen LogP contribution in [0.4, 0.5) is 4.79 Å². The Bertz CT molecular complexity index is 1350. The van der Waals surface area contributed by atoms with Gasteiger partial charge in [-0.15, -0.1) is 0 Å². The van der Waals surface area contributed by atoms with Gasteiger partial charge in [-0.3, -0.25) is 9.59 Å². The number of carbonyl (C=O) groups excluding carboxylic acids is 3. The topological polar surface area (TPSA) is 114 Å². The summed E-state index contributed by atoms with van der Waals surface area (Å²) in [6.07, 6.45) is 37.5. The van der Waals surface area contributed by atoms with Crippen molar-refractivity contribution in [3.05, 3.63) is 11.6 Å². The fraction of sp³-hybridized carbons (Fsp3) is 0.909. The average Bonchev–Trinajstić information content (AvgIpc) is 3.62. The number of allylic oxidation sites excluding steroid dienone is 1. The molecular formula is C55H100N4O4. The van der Waals surface area contributed by atoms with Gasteiger partial charge in [0.15, 0.2) is 0 Å². The number of hydrogen-bond donors (Lipinski definition) is 3. The Morgan fingerprint density at radius 3 is 2.08 bits per heavy atom. The molecule has 3 fully saturated rings. The molecule has 0 unspecified atom stereocenters. The lowest BCUT2D eigenvalue weighted by Crippen LogP contribution is -2.51. The maximum Gasteiger partial charge on any atom is 0.407 e. The summed E-state index contributed by atoms with van der Waals surface area (Å²) in [7, 11) is 0. The van der Waals surface area contributed by atoms with Crippen molar-refractivity contribution in [1.29, 1.82) is 0 Å². The van der Waals surface area contributed by atoms with Gasteiger partial charge in [0.05, 0.1) is 6.54 Å². The normalized spacial score (nSPS) is 26.9. The Labute approximate surface area is 388 Å². The van der Waals surface area contributed by atoms with E-state index in [-0.39, 0.29) is 36.0 Å². The minimum atomic E-state index is -0.358. The van der Waals surface area contributed by atoms with Crippen molar-refractivity contribution in [3.63, 3.8) is 0 Å². The molecule has 4 N–H and O–H groups in total. The number of unbranched alkanes of at least 4 members (excludes halogenated alkanes) is 15. The van der Waals surface area contributed by atoms with Crippen LogP contribution in [0.15, 0.2) is 11.6 Å². The van der Waals surface area contributed by atoms with E-state index >= 15 is 0 Å². The third-order valence-corrected chi connectivity index (χ3v) is 17.0. The lowest BCUT2D eigenvalue weighted by Gasteiger charge is -2.58. The average molecular weight is 881 g/mol. The third-order valence-electron chi connectivity index (χ3n) is 17.0.